The van der Waals surface area contributed by atoms with Crippen molar-refractivity contribution in [1.82, 2.24) is 4.90 Å². The van der Waals surface area contributed by atoms with Gasteiger partial charge in [-0.25, -0.2) is 4.39 Å². The minimum absolute atomic E-state index is 0.141. The van der Waals surface area contributed by atoms with Gasteiger partial charge in [0.15, 0.2) is 0 Å². The highest BCUT2D eigenvalue weighted by molar-refractivity contribution is 9.10. The van der Waals surface area contributed by atoms with Crippen LogP contribution in [-0.4, -0.2) is 29.1 Å². The summed E-state index contributed by atoms with van der Waals surface area (Å²) in [6, 6.07) is 5.02. The lowest BCUT2D eigenvalue weighted by atomic mass is 9.99. The van der Waals surface area contributed by atoms with Crippen molar-refractivity contribution >= 4 is 21.9 Å². The van der Waals surface area contributed by atoms with E-state index in [1.165, 1.54) is 6.07 Å². The van der Waals surface area contributed by atoms with Gasteiger partial charge in [0.1, 0.15) is 5.82 Å². The van der Waals surface area contributed by atoms with Crippen LogP contribution in [0.2, 0.25) is 0 Å². The van der Waals surface area contributed by atoms with Crippen LogP contribution in [0, 0.1) is 17.7 Å². The van der Waals surface area contributed by atoms with Crippen LogP contribution in [0.5, 0.6) is 0 Å². The van der Waals surface area contributed by atoms with Crippen molar-refractivity contribution in [3.8, 4) is 0 Å². The second-order valence-corrected chi connectivity index (χ2v) is 5.72. The fourth-order valence-corrected chi connectivity index (χ4v) is 2.66. The zero-order valence-electron chi connectivity index (χ0n) is 10.1. The number of nitrogens with zero attached hydrogens (tertiary/aromatic N) is 1. The average Bonchev–Trinajstić information content (AvgIpc) is 2.65. The minimum Gasteiger partial charge on any atom is -0.481 e. The molecule has 1 aromatic rings. The van der Waals surface area contributed by atoms with Gasteiger partial charge in [0.25, 0.3) is 0 Å². The number of aliphatic carboxylic acids is 1. The Morgan fingerprint density at radius 3 is 2.83 bits per heavy atom. The summed E-state index contributed by atoms with van der Waals surface area (Å²) in [4.78, 5) is 13.1. The van der Waals surface area contributed by atoms with Gasteiger partial charge in [0, 0.05) is 19.6 Å². The fraction of sp³-hybridized carbons (Fsp3) is 0.462. The standard InChI is InChI=1S/C13H15BrFNO2/c1-8-5-16(7-10(8)13(17)18)6-9-2-3-11(14)12(15)4-9/h2-4,8,10H,5-7H2,1H3,(H,17,18)/t8-,10-/m1/s1. The summed E-state index contributed by atoms with van der Waals surface area (Å²) in [7, 11) is 0. The van der Waals surface area contributed by atoms with E-state index in [1.807, 2.05) is 13.0 Å². The van der Waals surface area contributed by atoms with Gasteiger partial charge >= 0.3 is 5.97 Å². The van der Waals surface area contributed by atoms with Gasteiger partial charge in [-0.15, -0.1) is 0 Å². The van der Waals surface area contributed by atoms with Crippen molar-refractivity contribution in [2.24, 2.45) is 11.8 Å². The lowest BCUT2D eigenvalue weighted by Crippen LogP contribution is -2.23. The monoisotopic (exact) mass is 315 g/mol. The van der Waals surface area contributed by atoms with Crippen molar-refractivity contribution in [1.29, 1.82) is 0 Å². The van der Waals surface area contributed by atoms with Gasteiger partial charge in [-0.05, 0) is 39.5 Å². The molecule has 1 heterocycles. The molecule has 18 heavy (non-hydrogen) atoms. The molecule has 2 atom stereocenters. The first-order valence-electron chi connectivity index (χ1n) is 5.86. The fourth-order valence-electron chi connectivity index (χ4n) is 2.41. The third-order valence-electron chi connectivity index (χ3n) is 3.40. The van der Waals surface area contributed by atoms with Crippen LogP contribution >= 0.6 is 15.9 Å². The van der Waals surface area contributed by atoms with Crippen LogP contribution in [0.4, 0.5) is 4.39 Å². The molecule has 0 amide bonds. The number of hydrogen-bond acceptors (Lipinski definition) is 2. The number of benzene rings is 1. The Bertz CT molecular complexity index is 466. The summed E-state index contributed by atoms with van der Waals surface area (Å²) in [5.41, 5.74) is 0.869. The molecule has 0 aliphatic carbocycles. The molecule has 0 spiro atoms. The van der Waals surface area contributed by atoms with Crippen molar-refractivity contribution < 1.29 is 14.3 Å². The first-order chi connectivity index (χ1) is 8.47. The highest BCUT2D eigenvalue weighted by atomic mass is 79.9. The van der Waals surface area contributed by atoms with Crippen LogP contribution < -0.4 is 0 Å². The zero-order chi connectivity index (χ0) is 13.3. The largest absolute Gasteiger partial charge is 0.481 e. The first-order valence-corrected chi connectivity index (χ1v) is 6.65. The van der Waals surface area contributed by atoms with E-state index in [2.05, 4.69) is 20.8 Å². The number of halogens is 2. The van der Waals surface area contributed by atoms with Gasteiger partial charge in [-0.3, -0.25) is 9.69 Å². The van der Waals surface area contributed by atoms with E-state index >= 15 is 0 Å². The van der Waals surface area contributed by atoms with Crippen LogP contribution in [0.15, 0.2) is 22.7 Å². The quantitative estimate of drug-likeness (QED) is 0.932. The molecule has 1 fully saturated rings. The Balaban J connectivity index is 2.03. The van der Waals surface area contributed by atoms with Crippen molar-refractivity contribution in [3.05, 3.63) is 34.1 Å². The number of carbonyl (C=O) groups is 1. The number of hydrogen-bond donors (Lipinski definition) is 1. The highest BCUT2D eigenvalue weighted by Gasteiger charge is 2.34. The van der Waals surface area contributed by atoms with E-state index in [1.54, 1.807) is 6.07 Å². The maximum absolute atomic E-state index is 13.4. The molecule has 0 saturated carbocycles. The molecule has 1 N–H and O–H groups in total. The normalized spacial score (nSPS) is 24.4. The van der Waals surface area contributed by atoms with E-state index in [0.717, 1.165) is 12.1 Å². The lowest BCUT2D eigenvalue weighted by molar-refractivity contribution is -0.142. The molecule has 1 aromatic carbocycles. The topological polar surface area (TPSA) is 40.5 Å². The molecule has 98 valence electrons. The Hall–Kier alpha value is -0.940. The predicted molar refractivity (Wildman–Crippen MR) is 69.7 cm³/mol. The summed E-state index contributed by atoms with van der Waals surface area (Å²) in [6.07, 6.45) is 0. The van der Waals surface area contributed by atoms with E-state index in [-0.39, 0.29) is 17.7 Å². The summed E-state index contributed by atoms with van der Waals surface area (Å²) in [6.45, 7) is 3.82. The summed E-state index contributed by atoms with van der Waals surface area (Å²) < 4.78 is 13.8. The number of likely N-dealkylation sites (tertiary alicyclic amines) is 1. The molecule has 3 nitrogen and oxygen atoms in total. The molecule has 1 saturated heterocycles. The van der Waals surface area contributed by atoms with Gasteiger partial charge in [0.2, 0.25) is 0 Å². The van der Waals surface area contributed by atoms with Crippen LogP contribution in [0.3, 0.4) is 0 Å². The van der Waals surface area contributed by atoms with E-state index in [0.29, 0.717) is 17.6 Å². The lowest BCUT2D eigenvalue weighted by Gasteiger charge is -2.15. The molecule has 2 rings (SSSR count). The number of carboxylic acid groups (broad SMARTS) is 1. The molecule has 5 heteroatoms. The van der Waals surface area contributed by atoms with Crippen molar-refractivity contribution in [2.45, 2.75) is 13.5 Å². The highest BCUT2D eigenvalue weighted by Crippen LogP contribution is 2.25. The third-order valence-corrected chi connectivity index (χ3v) is 4.04. The molecular weight excluding hydrogens is 301 g/mol. The molecule has 1 aliphatic heterocycles. The molecule has 0 unspecified atom stereocenters. The van der Waals surface area contributed by atoms with Gasteiger partial charge < -0.3 is 5.11 Å². The number of rotatable bonds is 3. The van der Waals surface area contributed by atoms with Gasteiger partial charge in [-0.1, -0.05) is 13.0 Å². The minimum atomic E-state index is -0.744. The van der Waals surface area contributed by atoms with Crippen LogP contribution in [-0.2, 0) is 11.3 Å². The SMILES string of the molecule is C[C@@H]1CN(Cc2ccc(Br)c(F)c2)C[C@H]1C(=O)O. The van der Waals surface area contributed by atoms with Crippen molar-refractivity contribution in [2.75, 3.05) is 13.1 Å². The molecule has 0 radical (unpaired) electrons. The van der Waals surface area contributed by atoms with E-state index in [4.69, 9.17) is 5.11 Å². The second-order valence-electron chi connectivity index (χ2n) is 4.86. The van der Waals surface area contributed by atoms with Gasteiger partial charge in [-0.2, -0.15) is 0 Å². The summed E-state index contributed by atoms with van der Waals surface area (Å²) in [5.74, 6) is -1.20. The van der Waals surface area contributed by atoms with Gasteiger partial charge in [0.05, 0.1) is 10.4 Å². The van der Waals surface area contributed by atoms with E-state index < -0.39 is 5.97 Å². The average molecular weight is 316 g/mol. The Morgan fingerprint density at radius 2 is 2.28 bits per heavy atom. The molecule has 0 aromatic heterocycles. The third kappa shape index (κ3) is 2.90. The second kappa shape index (κ2) is 5.36. The Labute approximate surface area is 114 Å². The molecule has 0 bridgehead atoms. The molecule has 1 aliphatic rings. The molecular formula is C13H15BrFNO2. The number of carboxylic acids is 1. The first kappa shape index (κ1) is 13.5. The van der Waals surface area contributed by atoms with Crippen molar-refractivity contribution in [3.63, 3.8) is 0 Å². The van der Waals surface area contributed by atoms with Crippen LogP contribution in [0.25, 0.3) is 0 Å². The maximum Gasteiger partial charge on any atom is 0.308 e. The smallest absolute Gasteiger partial charge is 0.308 e. The Morgan fingerprint density at radius 1 is 1.56 bits per heavy atom. The summed E-state index contributed by atoms with van der Waals surface area (Å²) in [5, 5.41) is 9.06. The van der Waals surface area contributed by atoms with E-state index in [9.17, 15) is 9.18 Å². The maximum atomic E-state index is 13.4. The van der Waals surface area contributed by atoms with Crippen LogP contribution in [0.1, 0.15) is 12.5 Å². The predicted octanol–water partition coefficient (Wildman–Crippen LogP) is 2.74. The zero-order valence-corrected chi connectivity index (χ0v) is 11.7. The Kier molecular flexibility index (Phi) is 4.02. The summed E-state index contributed by atoms with van der Waals surface area (Å²) >= 11 is 3.11.